The minimum Gasteiger partial charge on any atom is -0.480 e. The summed E-state index contributed by atoms with van der Waals surface area (Å²) < 4.78 is 0. The van der Waals surface area contributed by atoms with Crippen LogP contribution in [0.1, 0.15) is 31.2 Å². The van der Waals surface area contributed by atoms with E-state index in [1.54, 1.807) is 16.2 Å². The van der Waals surface area contributed by atoms with Gasteiger partial charge in [-0.3, -0.25) is 4.79 Å². The Morgan fingerprint density at radius 3 is 2.68 bits per heavy atom. The van der Waals surface area contributed by atoms with E-state index in [1.807, 2.05) is 16.8 Å². The molecule has 2 aliphatic heterocycles. The van der Waals surface area contributed by atoms with Crippen LogP contribution in [0.4, 0.5) is 0 Å². The van der Waals surface area contributed by atoms with Crippen LogP contribution < -0.4 is 0 Å². The first-order valence-corrected chi connectivity index (χ1v) is 8.87. The first kappa shape index (κ1) is 15.5. The van der Waals surface area contributed by atoms with Gasteiger partial charge >= 0.3 is 5.97 Å². The highest BCUT2D eigenvalue weighted by Gasteiger charge is 2.38. The third-order valence-corrected chi connectivity index (χ3v) is 5.50. The van der Waals surface area contributed by atoms with Gasteiger partial charge in [-0.05, 0) is 61.2 Å². The molecule has 22 heavy (non-hydrogen) atoms. The van der Waals surface area contributed by atoms with E-state index in [9.17, 15) is 14.7 Å². The summed E-state index contributed by atoms with van der Waals surface area (Å²) in [6.07, 6.45) is 4.16. The van der Waals surface area contributed by atoms with Crippen molar-refractivity contribution >= 4 is 23.2 Å². The summed E-state index contributed by atoms with van der Waals surface area (Å²) in [6, 6.07) is 1.56. The molecule has 5 nitrogen and oxygen atoms in total. The van der Waals surface area contributed by atoms with E-state index in [0.717, 1.165) is 25.1 Å². The number of hydrogen-bond donors (Lipinski definition) is 1. The predicted octanol–water partition coefficient (Wildman–Crippen LogP) is 1.83. The van der Waals surface area contributed by atoms with Gasteiger partial charge in [-0.15, -0.1) is 0 Å². The number of piperidine rings is 1. The Morgan fingerprint density at radius 2 is 2.05 bits per heavy atom. The zero-order chi connectivity index (χ0) is 15.5. The summed E-state index contributed by atoms with van der Waals surface area (Å²) in [6.45, 7) is 2.70. The van der Waals surface area contributed by atoms with Gasteiger partial charge in [0, 0.05) is 12.6 Å². The Hall–Kier alpha value is -1.40. The number of likely N-dealkylation sites (tertiary alicyclic amines) is 2. The summed E-state index contributed by atoms with van der Waals surface area (Å²) in [4.78, 5) is 28.1. The molecule has 3 heterocycles. The monoisotopic (exact) mass is 322 g/mol. The summed E-state index contributed by atoms with van der Waals surface area (Å²) in [7, 11) is 0. The smallest absolute Gasteiger partial charge is 0.326 e. The van der Waals surface area contributed by atoms with Gasteiger partial charge in [0.05, 0.1) is 6.42 Å². The number of thiophene rings is 1. The number of carbonyl (C=O) groups is 2. The third kappa shape index (κ3) is 3.33. The van der Waals surface area contributed by atoms with E-state index >= 15 is 0 Å². The summed E-state index contributed by atoms with van der Waals surface area (Å²) in [5.74, 6) is -0.937. The van der Waals surface area contributed by atoms with Crippen LogP contribution in [0.25, 0.3) is 0 Å². The number of carboxylic acids is 1. The van der Waals surface area contributed by atoms with Gasteiger partial charge in [0.25, 0.3) is 0 Å². The van der Waals surface area contributed by atoms with Gasteiger partial charge in [-0.25, -0.2) is 4.79 Å². The number of aliphatic carboxylic acids is 1. The van der Waals surface area contributed by atoms with E-state index in [4.69, 9.17) is 0 Å². The van der Waals surface area contributed by atoms with Crippen molar-refractivity contribution in [1.29, 1.82) is 0 Å². The fourth-order valence-corrected chi connectivity index (χ4v) is 4.26. The Bertz CT molecular complexity index is 526. The number of carbonyl (C=O) groups excluding carboxylic acids is 1. The largest absolute Gasteiger partial charge is 0.480 e. The molecule has 6 heteroatoms. The molecule has 2 fully saturated rings. The maximum absolute atomic E-state index is 12.5. The molecular weight excluding hydrogens is 300 g/mol. The Labute approximate surface area is 134 Å². The van der Waals surface area contributed by atoms with Crippen LogP contribution in [0.15, 0.2) is 16.8 Å². The molecule has 0 aromatic carbocycles. The van der Waals surface area contributed by atoms with Crippen LogP contribution in [0.2, 0.25) is 0 Å². The molecule has 0 bridgehead atoms. The Morgan fingerprint density at radius 1 is 1.27 bits per heavy atom. The highest BCUT2D eigenvalue weighted by Crippen LogP contribution is 2.26. The molecule has 2 atom stereocenters. The first-order valence-electron chi connectivity index (χ1n) is 7.92. The molecule has 2 saturated heterocycles. The molecule has 0 saturated carbocycles. The van der Waals surface area contributed by atoms with Gasteiger partial charge < -0.3 is 14.9 Å². The van der Waals surface area contributed by atoms with E-state index in [-0.39, 0.29) is 5.91 Å². The number of hydrogen-bond acceptors (Lipinski definition) is 4. The lowest BCUT2D eigenvalue weighted by atomic mass is 9.95. The number of nitrogens with zero attached hydrogens (tertiary/aromatic N) is 2. The zero-order valence-corrected chi connectivity index (χ0v) is 13.4. The molecule has 0 radical (unpaired) electrons. The average Bonchev–Trinajstić information content (AvgIpc) is 3.19. The second-order valence-electron chi connectivity index (χ2n) is 6.17. The van der Waals surface area contributed by atoms with E-state index in [1.165, 1.54) is 12.8 Å². The maximum Gasteiger partial charge on any atom is 0.326 e. The predicted molar refractivity (Wildman–Crippen MR) is 85.0 cm³/mol. The molecule has 0 aliphatic carbocycles. The highest BCUT2D eigenvalue weighted by molar-refractivity contribution is 7.08. The Balaban J connectivity index is 1.66. The minimum absolute atomic E-state index is 0.0642. The molecule has 1 aromatic rings. The minimum atomic E-state index is -0.873. The molecule has 1 aromatic heterocycles. The van der Waals surface area contributed by atoms with Crippen molar-refractivity contribution in [2.75, 3.05) is 19.6 Å². The highest BCUT2D eigenvalue weighted by atomic mass is 32.1. The number of rotatable bonds is 4. The van der Waals surface area contributed by atoms with Crippen LogP contribution in [-0.2, 0) is 16.0 Å². The lowest BCUT2D eigenvalue weighted by Crippen LogP contribution is -2.54. The van der Waals surface area contributed by atoms with Gasteiger partial charge in [-0.2, -0.15) is 11.3 Å². The van der Waals surface area contributed by atoms with Crippen molar-refractivity contribution in [2.24, 2.45) is 0 Å². The van der Waals surface area contributed by atoms with Crippen molar-refractivity contribution < 1.29 is 14.7 Å². The molecule has 1 amide bonds. The molecule has 3 rings (SSSR count). The standard InChI is InChI=1S/C16H22N2O3S/c19-15(9-12-4-8-22-11-12)18-7-3-13(10-14(18)16(20)21)17-5-1-2-6-17/h4,8,11,13-14H,1-3,5-7,9-10H2,(H,20,21). The third-order valence-electron chi connectivity index (χ3n) is 4.77. The van der Waals surface area contributed by atoms with Gasteiger partial charge in [0.2, 0.25) is 5.91 Å². The van der Waals surface area contributed by atoms with Crippen molar-refractivity contribution in [3.05, 3.63) is 22.4 Å². The van der Waals surface area contributed by atoms with E-state index in [0.29, 0.717) is 25.4 Å². The van der Waals surface area contributed by atoms with Crippen molar-refractivity contribution in [3.8, 4) is 0 Å². The van der Waals surface area contributed by atoms with E-state index < -0.39 is 12.0 Å². The van der Waals surface area contributed by atoms with Crippen molar-refractivity contribution in [3.63, 3.8) is 0 Å². The number of amides is 1. The molecule has 2 aliphatic rings. The molecule has 1 N–H and O–H groups in total. The average molecular weight is 322 g/mol. The topological polar surface area (TPSA) is 60.9 Å². The van der Waals surface area contributed by atoms with E-state index in [2.05, 4.69) is 4.90 Å². The van der Waals surface area contributed by atoms with Crippen LogP contribution in [0, 0.1) is 0 Å². The quantitative estimate of drug-likeness (QED) is 0.919. The van der Waals surface area contributed by atoms with Gasteiger partial charge in [0.1, 0.15) is 6.04 Å². The fourth-order valence-electron chi connectivity index (χ4n) is 3.59. The summed E-state index contributed by atoms with van der Waals surface area (Å²) >= 11 is 1.56. The van der Waals surface area contributed by atoms with Crippen LogP contribution >= 0.6 is 11.3 Å². The second-order valence-corrected chi connectivity index (χ2v) is 6.95. The zero-order valence-electron chi connectivity index (χ0n) is 12.6. The molecule has 0 spiro atoms. The van der Waals surface area contributed by atoms with Crippen molar-refractivity contribution in [1.82, 2.24) is 9.80 Å². The van der Waals surface area contributed by atoms with Crippen LogP contribution in [0.5, 0.6) is 0 Å². The lowest BCUT2D eigenvalue weighted by Gasteiger charge is -2.40. The van der Waals surface area contributed by atoms with Crippen molar-refractivity contribution in [2.45, 2.75) is 44.2 Å². The molecule has 120 valence electrons. The maximum atomic E-state index is 12.5. The molecule has 2 unspecified atom stereocenters. The molecular formula is C16H22N2O3S. The first-order chi connectivity index (χ1) is 10.6. The second kappa shape index (κ2) is 6.79. The van der Waals surface area contributed by atoms with Crippen LogP contribution in [0.3, 0.4) is 0 Å². The summed E-state index contributed by atoms with van der Waals surface area (Å²) in [5, 5.41) is 13.4. The van der Waals surface area contributed by atoms with Crippen LogP contribution in [-0.4, -0.2) is 58.5 Å². The van der Waals surface area contributed by atoms with Gasteiger partial charge in [0.15, 0.2) is 0 Å². The SMILES string of the molecule is O=C(O)C1CC(N2CCCC2)CCN1C(=O)Cc1ccsc1. The normalized spacial score (nSPS) is 26.3. The van der Waals surface area contributed by atoms with Gasteiger partial charge in [-0.1, -0.05) is 0 Å². The Kier molecular flexibility index (Phi) is 4.78. The fraction of sp³-hybridized carbons (Fsp3) is 0.625. The summed E-state index contributed by atoms with van der Waals surface area (Å²) in [5.41, 5.74) is 0.973. The number of carboxylic acid groups (broad SMARTS) is 1. The lowest BCUT2D eigenvalue weighted by molar-refractivity contribution is -0.153.